The van der Waals surface area contributed by atoms with Crippen LogP contribution >= 0.6 is 0 Å². The first kappa shape index (κ1) is 10.0. The molecule has 13 heavy (non-hydrogen) atoms. The lowest BCUT2D eigenvalue weighted by Gasteiger charge is -2.33. The average molecular weight is 183 g/mol. The number of carbonyl (C=O) groups is 1. The maximum absolute atomic E-state index is 11.3. The molecular weight excluding hydrogens is 166 g/mol. The molecule has 0 bridgehead atoms. The largest absolute Gasteiger partial charge is 0.357 e. The van der Waals surface area contributed by atoms with Gasteiger partial charge in [0, 0.05) is 20.0 Å². The van der Waals surface area contributed by atoms with Gasteiger partial charge in [0.15, 0.2) is 0 Å². The second-order valence-electron chi connectivity index (χ2n) is 3.39. The summed E-state index contributed by atoms with van der Waals surface area (Å²) in [5.41, 5.74) is 0. The fourth-order valence-corrected chi connectivity index (χ4v) is 1.63. The lowest BCUT2D eigenvalue weighted by molar-refractivity contribution is -0.124. The number of rotatable bonds is 2. The summed E-state index contributed by atoms with van der Waals surface area (Å²) in [6.45, 7) is 2.69. The molecule has 0 aliphatic carbocycles. The van der Waals surface area contributed by atoms with Gasteiger partial charge in [-0.25, -0.2) is 0 Å². The second kappa shape index (κ2) is 4.25. The number of nitrogens with one attached hydrogen (secondary N) is 2. The molecule has 0 radical (unpaired) electrons. The molecule has 1 saturated heterocycles. The molecule has 0 aromatic carbocycles. The highest BCUT2D eigenvalue weighted by Gasteiger charge is 2.24. The van der Waals surface area contributed by atoms with Crippen LogP contribution in [0.25, 0.3) is 0 Å². The van der Waals surface area contributed by atoms with Crippen molar-refractivity contribution in [3.8, 4) is 0 Å². The van der Waals surface area contributed by atoms with Gasteiger partial charge in [0.05, 0.1) is 5.84 Å². The fraction of sp³-hybridized carbons (Fsp3) is 0.778. The average Bonchev–Trinajstić information content (AvgIpc) is 2.16. The summed E-state index contributed by atoms with van der Waals surface area (Å²) in [6, 6.07) is -0.196. The van der Waals surface area contributed by atoms with E-state index in [0.29, 0.717) is 5.84 Å². The van der Waals surface area contributed by atoms with Gasteiger partial charge in [-0.2, -0.15) is 0 Å². The molecule has 4 nitrogen and oxygen atoms in total. The minimum absolute atomic E-state index is 0.00773. The lowest BCUT2D eigenvalue weighted by Crippen LogP contribution is -2.48. The zero-order valence-corrected chi connectivity index (χ0v) is 8.26. The van der Waals surface area contributed by atoms with Crippen LogP contribution in [0.4, 0.5) is 0 Å². The molecule has 2 N–H and O–H groups in total. The Balaban J connectivity index is 2.58. The van der Waals surface area contributed by atoms with Crippen molar-refractivity contribution in [1.82, 2.24) is 10.2 Å². The van der Waals surface area contributed by atoms with Gasteiger partial charge in [-0.15, -0.1) is 0 Å². The summed E-state index contributed by atoms with van der Waals surface area (Å²) in [7, 11) is 1.63. The molecule has 1 amide bonds. The molecule has 1 fully saturated rings. The Hall–Kier alpha value is -1.06. The smallest absolute Gasteiger partial charge is 0.242 e. The van der Waals surface area contributed by atoms with E-state index in [0.717, 1.165) is 25.8 Å². The topological polar surface area (TPSA) is 56.2 Å². The van der Waals surface area contributed by atoms with Crippen molar-refractivity contribution in [3.05, 3.63) is 0 Å². The van der Waals surface area contributed by atoms with E-state index in [1.54, 1.807) is 7.05 Å². The van der Waals surface area contributed by atoms with E-state index >= 15 is 0 Å². The molecule has 1 rings (SSSR count). The molecule has 1 atom stereocenters. The van der Waals surface area contributed by atoms with E-state index in [1.165, 1.54) is 0 Å². The summed E-state index contributed by atoms with van der Waals surface area (Å²) in [5, 5.41) is 10.3. The normalized spacial score (nSPS) is 19.8. The maximum atomic E-state index is 11.3. The predicted molar refractivity (Wildman–Crippen MR) is 51.8 cm³/mol. The molecule has 1 unspecified atom stereocenters. The van der Waals surface area contributed by atoms with E-state index in [9.17, 15) is 4.79 Å². The van der Waals surface area contributed by atoms with Crippen LogP contribution in [0.1, 0.15) is 26.2 Å². The lowest BCUT2D eigenvalue weighted by atomic mass is 10.1. The number of nitrogens with zero attached hydrogens (tertiary/aromatic N) is 1. The summed E-state index contributed by atoms with van der Waals surface area (Å²) in [5.74, 6) is 0.592. The van der Waals surface area contributed by atoms with Gasteiger partial charge in [0.2, 0.25) is 5.91 Å². The van der Waals surface area contributed by atoms with Gasteiger partial charge < -0.3 is 10.2 Å². The number of piperidine rings is 1. The van der Waals surface area contributed by atoms with Crippen LogP contribution in [0.2, 0.25) is 0 Å². The number of hydrogen-bond acceptors (Lipinski definition) is 2. The Morgan fingerprint density at radius 1 is 1.62 bits per heavy atom. The van der Waals surface area contributed by atoms with Crippen molar-refractivity contribution in [2.45, 2.75) is 32.2 Å². The van der Waals surface area contributed by atoms with Crippen LogP contribution in [0.5, 0.6) is 0 Å². The second-order valence-corrected chi connectivity index (χ2v) is 3.39. The van der Waals surface area contributed by atoms with Crippen LogP contribution in [0.15, 0.2) is 0 Å². The first-order valence-electron chi connectivity index (χ1n) is 4.72. The third-order valence-corrected chi connectivity index (χ3v) is 2.50. The van der Waals surface area contributed by atoms with Crippen molar-refractivity contribution in [1.29, 1.82) is 5.41 Å². The number of likely N-dealkylation sites (tertiary alicyclic amines) is 1. The van der Waals surface area contributed by atoms with Crippen LogP contribution in [0.3, 0.4) is 0 Å². The first-order chi connectivity index (χ1) is 6.16. The minimum Gasteiger partial charge on any atom is -0.357 e. The van der Waals surface area contributed by atoms with Gasteiger partial charge in [-0.1, -0.05) is 0 Å². The highest BCUT2D eigenvalue weighted by atomic mass is 16.2. The van der Waals surface area contributed by atoms with E-state index in [-0.39, 0.29) is 11.9 Å². The molecular formula is C9H17N3O. The molecule has 0 aromatic rings. The summed E-state index contributed by atoms with van der Waals surface area (Å²) < 4.78 is 0. The molecule has 0 spiro atoms. The first-order valence-corrected chi connectivity index (χ1v) is 4.72. The van der Waals surface area contributed by atoms with Crippen molar-refractivity contribution in [2.75, 3.05) is 13.6 Å². The van der Waals surface area contributed by atoms with Crippen molar-refractivity contribution >= 4 is 11.7 Å². The van der Waals surface area contributed by atoms with E-state index in [1.807, 2.05) is 11.8 Å². The van der Waals surface area contributed by atoms with Crippen LogP contribution in [-0.2, 0) is 4.79 Å². The van der Waals surface area contributed by atoms with Gasteiger partial charge in [0.25, 0.3) is 0 Å². The predicted octanol–water partition coefficient (Wildman–Crippen LogP) is 0.584. The van der Waals surface area contributed by atoms with Gasteiger partial charge in [-0.3, -0.25) is 10.2 Å². The SMILES string of the molecule is CNC(=O)C(C)N1CCCCC1=N. The van der Waals surface area contributed by atoms with Crippen molar-refractivity contribution < 1.29 is 4.79 Å². The van der Waals surface area contributed by atoms with Crippen molar-refractivity contribution in [2.24, 2.45) is 0 Å². The monoisotopic (exact) mass is 183 g/mol. The van der Waals surface area contributed by atoms with Crippen molar-refractivity contribution in [3.63, 3.8) is 0 Å². The standard InChI is InChI=1S/C9H17N3O/c1-7(9(13)11-2)12-6-4-3-5-8(12)10/h7,10H,3-6H2,1-2H3,(H,11,13). The quantitative estimate of drug-likeness (QED) is 0.658. The molecule has 1 heterocycles. The molecule has 74 valence electrons. The highest BCUT2D eigenvalue weighted by Crippen LogP contribution is 2.13. The Labute approximate surface area is 78.8 Å². The van der Waals surface area contributed by atoms with E-state index in [2.05, 4.69) is 5.32 Å². The van der Waals surface area contributed by atoms with Gasteiger partial charge in [-0.05, 0) is 19.8 Å². The summed E-state index contributed by atoms with van der Waals surface area (Å²) in [4.78, 5) is 13.2. The number of amidine groups is 1. The Morgan fingerprint density at radius 2 is 2.31 bits per heavy atom. The summed E-state index contributed by atoms with van der Waals surface area (Å²) >= 11 is 0. The molecule has 4 heteroatoms. The number of amides is 1. The Morgan fingerprint density at radius 3 is 2.85 bits per heavy atom. The fourth-order valence-electron chi connectivity index (χ4n) is 1.63. The molecule has 0 aromatic heterocycles. The van der Waals surface area contributed by atoms with Gasteiger partial charge in [0.1, 0.15) is 6.04 Å². The van der Waals surface area contributed by atoms with E-state index in [4.69, 9.17) is 5.41 Å². The molecule has 0 saturated carbocycles. The third-order valence-electron chi connectivity index (χ3n) is 2.50. The summed E-state index contributed by atoms with van der Waals surface area (Å²) in [6.07, 6.45) is 2.97. The number of likely N-dealkylation sites (N-methyl/N-ethyl adjacent to an activating group) is 1. The van der Waals surface area contributed by atoms with Crippen LogP contribution < -0.4 is 5.32 Å². The molecule has 1 aliphatic rings. The third kappa shape index (κ3) is 2.20. The van der Waals surface area contributed by atoms with Crippen LogP contribution in [0, 0.1) is 5.41 Å². The number of hydrogen-bond donors (Lipinski definition) is 2. The maximum Gasteiger partial charge on any atom is 0.242 e. The van der Waals surface area contributed by atoms with E-state index < -0.39 is 0 Å². The van der Waals surface area contributed by atoms with Crippen LogP contribution in [-0.4, -0.2) is 36.3 Å². The highest BCUT2D eigenvalue weighted by molar-refractivity contribution is 5.88. The Bertz CT molecular complexity index is 215. The molecule has 1 aliphatic heterocycles. The zero-order valence-electron chi connectivity index (χ0n) is 8.26. The number of carbonyl (C=O) groups excluding carboxylic acids is 1. The van der Waals surface area contributed by atoms with Gasteiger partial charge >= 0.3 is 0 Å². The Kier molecular flexibility index (Phi) is 3.28. The zero-order chi connectivity index (χ0) is 9.84. The minimum atomic E-state index is -0.196.